The first-order valence-electron chi connectivity index (χ1n) is 6.74. The molecule has 0 bridgehead atoms. The van der Waals surface area contributed by atoms with Gasteiger partial charge in [0.25, 0.3) is 0 Å². The summed E-state index contributed by atoms with van der Waals surface area (Å²) >= 11 is 0. The summed E-state index contributed by atoms with van der Waals surface area (Å²) in [5.74, 6) is 0.416. The Morgan fingerprint density at radius 3 is 2.47 bits per heavy atom. The van der Waals surface area contributed by atoms with Crippen molar-refractivity contribution in [3.05, 3.63) is 0 Å². The predicted octanol–water partition coefficient (Wildman–Crippen LogP) is 1.29. The van der Waals surface area contributed by atoms with Gasteiger partial charge in [-0.1, -0.05) is 12.8 Å². The van der Waals surface area contributed by atoms with Crippen molar-refractivity contribution in [2.45, 2.75) is 44.9 Å². The van der Waals surface area contributed by atoms with Crippen LogP contribution in [-0.2, 0) is 9.59 Å². The maximum Gasteiger partial charge on any atom is 0.222 e. The van der Waals surface area contributed by atoms with Crippen LogP contribution in [0.25, 0.3) is 0 Å². The van der Waals surface area contributed by atoms with Crippen molar-refractivity contribution in [2.75, 3.05) is 13.1 Å². The molecule has 17 heavy (non-hydrogen) atoms. The van der Waals surface area contributed by atoms with Crippen molar-refractivity contribution < 1.29 is 9.59 Å². The maximum atomic E-state index is 12.1. The van der Waals surface area contributed by atoms with Crippen molar-refractivity contribution in [2.24, 2.45) is 17.6 Å². The third-order valence-corrected chi connectivity index (χ3v) is 4.11. The maximum absolute atomic E-state index is 12.1. The number of primary amides is 1. The van der Waals surface area contributed by atoms with E-state index in [1.807, 2.05) is 4.90 Å². The highest BCUT2D eigenvalue weighted by atomic mass is 16.2. The number of carbonyl (C=O) groups is 2. The van der Waals surface area contributed by atoms with E-state index < -0.39 is 0 Å². The van der Waals surface area contributed by atoms with Crippen LogP contribution in [0.1, 0.15) is 44.9 Å². The summed E-state index contributed by atoms with van der Waals surface area (Å²) in [6, 6.07) is 0. The van der Waals surface area contributed by atoms with Crippen LogP contribution in [0.5, 0.6) is 0 Å². The van der Waals surface area contributed by atoms with Gasteiger partial charge in [0.05, 0.1) is 5.92 Å². The van der Waals surface area contributed by atoms with Crippen molar-refractivity contribution in [3.8, 4) is 0 Å². The first kappa shape index (κ1) is 12.4. The highest BCUT2D eigenvalue weighted by Crippen LogP contribution is 2.28. The minimum atomic E-state index is -0.261. The zero-order chi connectivity index (χ0) is 12.3. The summed E-state index contributed by atoms with van der Waals surface area (Å²) in [5, 5.41) is 0. The molecule has 2 aliphatic rings. The molecular formula is C13H22N2O2. The lowest BCUT2D eigenvalue weighted by Gasteiger charge is -2.32. The van der Waals surface area contributed by atoms with Gasteiger partial charge in [0.2, 0.25) is 11.8 Å². The minimum Gasteiger partial charge on any atom is -0.369 e. The topological polar surface area (TPSA) is 63.4 Å². The van der Waals surface area contributed by atoms with Gasteiger partial charge in [0.15, 0.2) is 0 Å². The van der Waals surface area contributed by atoms with Crippen molar-refractivity contribution in [3.63, 3.8) is 0 Å². The Kier molecular flexibility index (Phi) is 4.02. The molecule has 2 amide bonds. The van der Waals surface area contributed by atoms with Gasteiger partial charge in [-0.25, -0.2) is 0 Å². The van der Waals surface area contributed by atoms with Gasteiger partial charge in [-0.3, -0.25) is 9.59 Å². The Morgan fingerprint density at radius 2 is 1.82 bits per heavy atom. The molecule has 2 rings (SSSR count). The molecule has 1 atom stereocenters. The lowest BCUT2D eigenvalue weighted by Crippen LogP contribution is -2.44. The number of rotatable bonds is 3. The van der Waals surface area contributed by atoms with Crippen LogP contribution < -0.4 is 5.73 Å². The molecule has 0 aromatic rings. The Labute approximate surface area is 103 Å². The van der Waals surface area contributed by atoms with E-state index in [-0.39, 0.29) is 17.7 Å². The summed E-state index contributed by atoms with van der Waals surface area (Å²) < 4.78 is 0. The van der Waals surface area contributed by atoms with Crippen LogP contribution in [-0.4, -0.2) is 29.8 Å². The van der Waals surface area contributed by atoms with E-state index in [4.69, 9.17) is 5.73 Å². The van der Waals surface area contributed by atoms with Gasteiger partial charge in [0.1, 0.15) is 0 Å². The lowest BCUT2D eigenvalue weighted by atomic mass is 9.96. The van der Waals surface area contributed by atoms with Gasteiger partial charge in [0, 0.05) is 19.5 Å². The van der Waals surface area contributed by atoms with Crippen molar-refractivity contribution >= 4 is 11.8 Å². The molecule has 96 valence electrons. The number of amides is 2. The molecule has 1 unspecified atom stereocenters. The van der Waals surface area contributed by atoms with Crippen LogP contribution >= 0.6 is 0 Å². The first-order chi connectivity index (χ1) is 8.16. The predicted molar refractivity (Wildman–Crippen MR) is 65.1 cm³/mol. The van der Waals surface area contributed by atoms with Crippen LogP contribution in [0.4, 0.5) is 0 Å². The standard InChI is InChI=1S/C13H22N2O2/c14-13(17)11-6-3-7-15(9-11)12(16)8-10-4-1-2-5-10/h10-11H,1-9H2,(H2,14,17). The normalized spacial score (nSPS) is 26.1. The Balaban J connectivity index is 1.83. The molecule has 1 aliphatic carbocycles. The molecule has 2 fully saturated rings. The van der Waals surface area contributed by atoms with Crippen molar-refractivity contribution in [1.29, 1.82) is 0 Å². The molecule has 1 aliphatic heterocycles. The molecular weight excluding hydrogens is 216 g/mol. The summed E-state index contributed by atoms with van der Waals surface area (Å²) in [6.07, 6.45) is 7.33. The summed E-state index contributed by atoms with van der Waals surface area (Å²) in [6.45, 7) is 1.34. The van der Waals surface area contributed by atoms with E-state index in [0.717, 1.165) is 19.4 Å². The fourth-order valence-electron chi connectivity index (χ4n) is 3.03. The zero-order valence-corrected chi connectivity index (χ0v) is 10.4. The van der Waals surface area contributed by atoms with Gasteiger partial charge >= 0.3 is 0 Å². The average molecular weight is 238 g/mol. The number of likely N-dealkylation sites (tertiary alicyclic amines) is 1. The molecule has 1 heterocycles. The molecule has 0 aromatic carbocycles. The molecule has 2 N–H and O–H groups in total. The van der Waals surface area contributed by atoms with Gasteiger partial charge in [-0.15, -0.1) is 0 Å². The third-order valence-electron chi connectivity index (χ3n) is 4.11. The fourth-order valence-corrected chi connectivity index (χ4v) is 3.03. The van der Waals surface area contributed by atoms with E-state index in [1.54, 1.807) is 0 Å². The summed E-state index contributed by atoms with van der Waals surface area (Å²) in [5.41, 5.74) is 5.32. The molecule has 1 saturated heterocycles. The van der Waals surface area contributed by atoms with Crippen molar-refractivity contribution in [1.82, 2.24) is 4.90 Å². The average Bonchev–Trinajstić information content (AvgIpc) is 2.82. The number of nitrogens with two attached hydrogens (primary N) is 1. The van der Waals surface area contributed by atoms with E-state index in [2.05, 4.69) is 0 Å². The largest absolute Gasteiger partial charge is 0.369 e. The molecule has 0 radical (unpaired) electrons. The first-order valence-corrected chi connectivity index (χ1v) is 6.74. The Morgan fingerprint density at radius 1 is 1.12 bits per heavy atom. The van der Waals surface area contributed by atoms with E-state index in [0.29, 0.717) is 18.9 Å². The number of piperidine rings is 1. The highest BCUT2D eigenvalue weighted by Gasteiger charge is 2.28. The van der Waals surface area contributed by atoms with Crippen LogP contribution in [0.15, 0.2) is 0 Å². The fraction of sp³-hybridized carbons (Fsp3) is 0.846. The van der Waals surface area contributed by atoms with Crippen LogP contribution in [0.3, 0.4) is 0 Å². The Hall–Kier alpha value is -1.06. The second kappa shape index (κ2) is 5.52. The highest BCUT2D eigenvalue weighted by molar-refractivity contribution is 5.80. The van der Waals surface area contributed by atoms with E-state index >= 15 is 0 Å². The minimum absolute atomic E-state index is 0.128. The zero-order valence-electron chi connectivity index (χ0n) is 10.4. The quantitative estimate of drug-likeness (QED) is 0.805. The number of hydrogen-bond acceptors (Lipinski definition) is 2. The van der Waals surface area contributed by atoms with E-state index in [1.165, 1.54) is 25.7 Å². The SMILES string of the molecule is NC(=O)C1CCCN(C(=O)CC2CCCC2)C1. The smallest absolute Gasteiger partial charge is 0.222 e. The monoisotopic (exact) mass is 238 g/mol. The number of nitrogens with zero attached hydrogens (tertiary/aromatic N) is 1. The molecule has 1 saturated carbocycles. The van der Waals surface area contributed by atoms with Gasteiger partial charge in [-0.05, 0) is 31.6 Å². The van der Waals surface area contributed by atoms with Crippen LogP contribution in [0.2, 0.25) is 0 Å². The summed E-state index contributed by atoms with van der Waals surface area (Å²) in [7, 11) is 0. The molecule has 4 heteroatoms. The number of carbonyl (C=O) groups excluding carboxylic acids is 2. The van der Waals surface area contributed by atoms with Gasteiger partial charge in [-0.2, -0.15) is 0 Å². The second-order valence-electron chi connectivity index (χ2n) is 5.44. The van der Waals surface area contributed by atoms with E-state index in [9.17, 15) is 9.59 Å². The number of hydrogen-bond donors (Lipinski definition) is 1. The molecule has 0 aromatic heterocycles. The second-order valence-corrected chi connectivity index (χ2v) is 5.44. The Bertz CT molecular complexity index is 298. The van der Waals surface area contributed by atoms with Crippen LogP contribution in [0, 0.1) is 11.8 Å². The third kappa shape index (κ3) is 3.20. The van der Waals surface area contributed by atoms with Gasteiger partial charge < -0.3 is 10.6 Å². The molecule has 4 nitrogen and oxygen atoms in total. The molecule has 0 spiro atoms. The summed E-state index contributed by atoms with van der Waals surface area (Å²) in [4.78, 5) is 25.1. The lowest BCUT2D eigenvalue weighted by molar-refractivity contribution is -0.135.